The number of nitrogens with zero attached hydrogens (tertiary/aromatic N) is 1. The fourth-order valence-corrected chi connectivity index (χ4v) is 1.69. The Kier molecular flexibility index (Phi) is 3.62. The molecule has 0 atom stereocenters. The molecule has 2 rings (SSSR count). The second kappa shape index (κ2) is 5.36. The third-order valence-corrected chi connectivity index (χ3v) is 2.55. The van der Waals surface area contributed by atoms with Crippen LogP contribution < -0.4 is 0 Å². The van der Waals surface area contributed by atoms with Crippen LogP contribution >= 0.6 is 0 Å². The molecule has 0 spiro atoms. The van der Waals surface area contributed by atoms with Gasteiger partial charge in [-0.3, -0.25) is 5.41 Å². The van der Waals surface area contributed by atoms with Crippen molar-refractivity contribution in [2.45, 2.75) is 6.92 Å². The maximum Gasteiger partial charge on any atom is 0.251 e. The lowest BCUT2D eigenvalue weighted by Gasteiger charge is -2.02. The summed E-state index contributed by atoms with van der Waals surface area (Å²) >= 11 is 0. The van der Waals surface area contributed by atoms with Crippen molar-refractivity contribution in [1.29, 1.82) is 10.7 Å². The summed E-state index contributed by atoms with van der Waals surface area (Å²) in [5, 5.41) is 16.8. The summed E-state index contributed by atoms with van der Waals surface area (Å²) in [5.41, 5.74) is 1.38. The van der Waals surface area contributed by atoms with Crippen LogP contribution in [0.1, 0.15) is 18.2 Å². The Morgan fingerprint density at radius 3 is 2.68 bits per heavy atom. The number of nitrogens with one attached hydrogen (secondary N) is 1. The summed E-state index contributed by atoms with van der Waals surface area (Å²) < 4.78 is 23.1. The second-order valence-corrected chi connectivity index (χ2v) is 3.73. The van der Waals surface area contributed by atoms with Crippen LogP contribution in [0.3, 0.4) is 0 Å². The van der Waals surface area contributed by atoms with Gasteiger partial charge in [-0.05, 0) is 24.6 Å². The van der Waals surface area contributed by atoms with Crippen LogP contribution in [0.5, 0.6) is 0 Å². The summed E-state index contributed by atoms with van der Waals surface area (Å²) in [6, 6.07) is 7.69. The van der Waals surface area contributed by atoms with E-state index >= 15 is 0 Å². The molecular formula is C14H11FN2O2. The van der Waals surface area contributed by atoms with Gasteiger partial charge < -0.3 is 9.15 Å². The van der Waals surface area contributed by atoms with Crippen LogP contribution in [-0.2, 0) is 4.74 Å². The number of rotatable bonds is 3. The quantitative estimate of drug-likeness (QED) is 0.678. The molecule has 4 nitrogen and oxygen atoms in total. The molecule has 0 aliphatic carbocycles. The van der Waals surface area contributed by atoms with Gasteiger partial charge >= 0.3 is 0 Å². The van der Waals surface area contributed by atoms with Crippen molar-refractivity contribution in [3.63, 3.8) is 0 Å². The molecule has 1 heterocycles. The highest BCUT2D eigenvalue weighted by atomic mass is 19.1. The van der Waals surface area contributed by atoms with Crippen LogP contribution in [-0.4, -0.2) is 12.5 Å². The van der Waals surface area contributed by atoms with E-state index in [4.69, 9.17) is 14.6 Å². The van der Waals surface area contributed by atoms with Gasteiger partial charge in [-0.25, -0.2) is 4.39 Å². The first-order valence-corrected chi connectivity index (χ1v) is 5.66. The number of hydrogen-bond donors (Lipinski definition) is 1. The van der Waals surface area contributed by atoms with Crippen LogP contribution in [0.25, 0.3) is 11.1 Å². The molecule has 5 heteroatoms. The number of benzene rings is 1. The number of nitriles is 1. The van der Waals surface area contributed by atoms with Crippen molar-refractivity contribution in [3.05, 3.63) is 47.7 Å². The Morgan fingerprint density at radius 2 is 2.11 bits per heavy atom. The maximum absolute atomic E-state index is 12.9. The zero-order chi connectivity index (χ0) is 13.8. The van der Waals surface area contributed by atoms with Crippen molar-refractivity contribution >= 4 is 5.90 Å². The molecule has 0 aliphatic heterocycles. The van der Waals surface area contributed by atoms with E-state index in [1.807, 2.05) is 6.07 Å². The van der Waals surface area contributed by atoms with E-state index in [0.717, 1.165) is 0 Å². The summed E-state index contributed by atoms with van der Waals surface area (Å²) in [7, 11) is 0. The topological polar surface area (TPSA) is 70.0 Å². The lowest BCUT2D eigenvalue weighted by molar-refractivity contribution is 0.316. The van der Waals surface area contributed by atoms with E-state index in [-0.39, 0.29) is 23.0 Å². The molecule has 2 aromatic rings. The number of ether oxygens (including phenoxy) is 1. The van der Waals surface area contributed by atoms with E-state index in [1.165, 1.54) is 18.4 Å². The normalized spacial score (nSPS) is 9.95. The minimum atomic E-state index is -0.354. The predicted molar refractivity (Wildman–Crippen MR) is 67.3 cm³/mol. The zero-order valence-electron chi connectivity index (χ0n) is 10.2. The zero-order valence-corrected chi connectivity index (χ0v) is 10.2. The first-order chi connectivity index (χ1) is 9.17. The fraction of sp³-hybridized carbons (Fsp3) is 0.143. The van der Waals surface area contributed by atoms with Crippen molar-refractivity contribution in [2.24, 2.45) is 0 Å². The smallest absolute Gasteiger partial charge is 0.251 e. The summed E-state index contributed by atoms with van der Waals surface area (Å²) in [5.74, 6) is -0.455. The molecule has 19 heavy (non-hydrogen) atoms. The minimum absolute atomic E-state index is 0.0867. The molecule has 96 valence electrons. The molecule has 0 saturated carbocycles. The van der Waals surface area contributed by atoms with Crippen molar-refractivity contribution in [2.75, 3.05) is 6.61 Å². The number of halogens is 1. The van der Waals surface area contributed by atoms with Gasteiger partial charge in [0.1, 0.15) is 23.7 Å². The van der Waals surface area contributed by atoms with Crippen LogP contribution in [0.2, 0.25) is 0 Å². The molecule has 0 bridgehead atoms. The van der Waals surface area contributed by atoms with E-state index in [0.29, 0.717) is 17.7 Å². The van der Waals surface area contributed by atoms with Gasteiger partial charge in [-0.2, -0.15) is 5.26 Å². The Morgan fingerprint density at radius 1 is 1.42 bits per heavy atom. The number of furan rings is 1. The molecule has 0 saturated heterocycles. The standard InChI is InChI=1S/C14H11FN2O2/c1-2-18-14(17)13-11(7-16)12(8-19-13)9-3-5-10(15)6-4-9/h3-6,8,17H,2H2,1H3. The third kappa shape index (κ3) is 2.47. The molecule has 0 fully saturated rings. The summed E-state index contributed by atoms with van der Waals surface area (Å²) in [4.78, 5) is 0. The van der Waals surface area contributed by atoms with Crippen molar-refractivity contribution in [1.82, 2.24) is 0 Å². The fourth-order valence-electron chi connectivity index (χ4n) is 1.69. The predicted octanol–water partition coefficient (Wildman–Crippen LogP) is 3.32. The Balaban J connectivity index is 2.46. The van der Waals surface area contributed by atoms with Gasteiger partial charge in [0.25, 0.3) is 5.90 Å². The van der Waals surface area contributed by atoms with Crippen LogP contribution in [0.15, 0.2) is 34.9 Å². The Bertz CT molecular complexity index is 638. The van der Waals surface area contributed by atoms with E-state index < -0.39 is 0 Å². The first kappa shape index (κ1) is 12.8. The van der Waals surface area contributed by atoms with Gasteiger partial charge in [0.2, 0.25) is 5.76 Å². The average Bonchev–Trinajstić information content (AvgIpc) is 2.83. The minimum Gasteiger partial charge on any atom is -0.476 e. The largest absolute Gasteiger partial charge is 0.476 e. The maximum atomic E-state index is 12.9. The molecule has 0 unspecified atom stereocenters. The average molecular weight is 258 g/mol. The van der Waals surface area contributed by atoms with Crippen LogP contribution in [0, 0.1) is 22.6 Å². The highest BCUT2D eigenvalue weighted by Gasteiger charge is 2.19. The highest BCUT2D eigenvalue weighted by molar-refractivity contribution is 5.94. The van der Waals surface area contributed by atoms with Gasteiger partial charge in [0.15, 0.2) is 0 Å². The lowest BCUT2D eigenvalue weighted by atomic mass is 10.0. The van der Waals surface area contributed by atoms with E-state index in [2.05, 4.69) is 0 Å². The van der Waals surface area contributed by atoms with E-state index in [1.54, 1.807) is 19.1 Å². The Hall–Kier alpha value is -2.61. The van der Waals surface area contributed by atoms with Gasteiger partial charge in [0.05, 0.1) is 6.61 Å². The van der Waals surface area contributed by atoms with Crippen molar-refractivity contribution < 1.29 is 13.5 Å². The molecule has 1 aromatic carbocycles. The first-order valence-electron chi connectivity index (χ1n) is 5.66. The Labute approximate surface area is 109 Å². The SMILES string of the molecule is CCOC(=N)c1occ(-c2ccc(F)cc2)c1C#N. The van der Waals surface area contributed by atoms with E-state index in [9.17, 15) is 9.65 Å². The van der Waals surface area contributed by atoms with Gasteiger partial charge in [-0.15, -0.1) is 0 Å². The molecule has 0 aliphatic rings. The van der Waals surface area contributed by atoms with Crippen LogP contribution in [0.4, 0.5) is 4.39 Å². The van der Waals surface area contributed by atoms with Gasteiger partial charge in [-0.1, -0.05) is 12.1 Å². The molecule has 0 amide bonds. The lowest BCUT2D eigenvalue weighted by Crippen LogP contribution is -2.05. The third-order valence-electron chi connectivity index (χ3n) is 2.55. The molecular weight excluding hydrogens is 247 g/mol. The molecule has 1 N–H and O–H groups in total. The second-order valence-electron chi connectivity index (χ2n) is 3.73. The molecule has 1 aromatic heterocycles. The monoisotopic (exact) mass is 258 g/mol. The van der Waals surface area contributed by atoms with Gasteiger partial charge in [0, 0.05) is 5.56 Å². The number of hydrogen-bond acceptors (Lipinski definition) is 4. The van der Waals surface area contributed by atoms with Crippen molar-refractivity contribution in [3.8, 4) is 17.2 Å². The summed E-state index contributed by atoms with van der Waals surface area (Å²) in [6.45, 7) is 2.06. The molecule has 0 radical (unpaired) electrons. The summed E-state index contributed by atoms with van der Waals surface area (Å²) in [6.07, 6.45) is 1.37. The highest BCUT2D eigenvalue weighted by Crippen LogP contribution is 2.28.